The molecule has 6 heteroatoms. The molecule has 0 aliphatic carbocycles. The predicted octanol–water partition coefficient (Wildman–Crippen LogP) is 4.36. The van der Waals surface area contributed by atoms with Gasteiger partial charge in [-0.2, -0.15) is 0 Å². The zero-order chi connectivity index (χ0) is 15.3. The molecular formula is C13H22ClNO4. The van der Waals surface area contributed by atoms with E-state index >= 15 is 0 Å². The average Bonchev–Trinajstić information content (AvgIpc) is 2.42. The van der Waals surface area contributed by atoms with Gasteiger partial charge in [0, 0.05) is 18.0 Å². The highest BCUT2D eigenvalue weighted by atomic mass is 35.5. The number of phenolic OH excluding ortho intramolecular Hbond substituents is 1. The summed E-state index contributed by atoms with van der Waals surface area (Å²) in [6, 6.07) is 3.62. The first-order chi connectivity index (χ1) is 9.06. The largest absolute Gasteiger partial charge is 0.508 e. The molecule has 1 N–H and O–H groups in total. The van der Waals surface area contributed by atoms with Crippen LogP contribution in [0.2, 0.25) is 0 Å². The second-order valence-electron chi connectivity index (χ2n) is 3.16. The summed E-state index contributed by atoms with van der Waals surface area (Å²) < 4.78 is 4.69. The number of hydrogen-bond donors (Lipinski definition) is 1. The van der Waals surface area contributed by atoms with Crippen molar-refractivity contribution in [1.29, 1.82) is 0 Å². The Balaban J connectivity index is 0. The van der Waals surface area contributed by atoms with Crippen molar-refractivity contribution in [3.63, 3.8) is 0 Å². The van der Waals surface area contributed by atoms with E-state index in [1.807, 2.05) is 13.8 Å². The number of nitro benzene ring substituents is 1. The monoisotopic (exact) mass is 291 g/mol. The second-order valence-corrected chi connectivity index (χ2v) is 3.53. The van der Waals surface area contributed by atoms with E-state index in [9.17, 15) is 10.1 Å². The van der Waals surface area contributed by atoms with Gasteiger partial charge in [0.05, 0.1) is 12.0 Å². The van der Waals surface area contributed by atoms with E-state index < -0.39 is 4.92 Å². The van der Waals surface area contributed by atoms with Gasteiger partial charge in [-0.1, -0.05) is 27.2 Å². The lowest BCUT2D eigenvalue weighted by molar-refractivity contribution is -0.385. The summed E-state index contributed by atoms with van der Waals surface area (Å²) in [6.45, 7) is 6.13. The summed E-state index contributed by atoms with van der Waals surface area (Å²) in [6.07, 6.45) is 2.37. The van der Waals surface area contributed by atoms with Crippen LogP contribution in [-0.4, -0.2) is 23.0 Å². The molecule has 0 aliphatic heterocycles. The molecule has 110 valence electrons. The molecule has 1 aromatic carbocycles. The summed E-state index contributed by atoms with van der Waals surface area (Å²) in [5.41, 5.74) is -0.157. The smallest absolute Gasteiger partial charge is 0.311 e. The lowest BCUT2D eigenvalue weighted by Crippen LogP contribution is -1.92. The molecule has 5 nitrogen and oxygen atoms in total. The van der Waals surface area contributed by atoms with E-state index in [4.69, 9.17) is 16.7 Å². The molecule has 19 heavy (non-hydrogen) atoms. The van der Waals surface area contributed by atoms with Crippen LogP contribution in [0.4, 0.5) is 5.69 Å². The number of unbranched alkanes of at least 4 members (excludes halogenated alkanes) is 1. The molecule has 0 saturated heterocycles. The third-order valence-corrected chi connectivity index (χ3v) is 2.11. The summed E-state index contributed by atoms with van der Waals surface area (Å²) in [4.78, 5) is 9.76. The quantitative estimate of drug-likeness (QED) is 0.508. The molecule has 0 spiro atoms. The highest BCUT2D eigenvalue weighted by Gasteiger charge is 2.13. The van der Waals surface area contributed by atoms with Crippen molar-refractivity contribution in [3.8, 4) is 11.5 Å². The van der Waals surface area contributed by atoms with Crippen LogP contribution in [0.3, 0.4) is 0 Å². The number of aromatic hydroxyl groups is 1. The molecule has 1 rings (SSSR count). The number of nitro groups is 1. The Morgan fingerprint density at radius 2 is 2.00 bits per heavy atom. The third-order valence-electron chi connectivity index (χ3n) is 1.85. The van der Waals surface area contributed by atoms with Crippen molar-refractivity contribution in [2.24, 2.45) is 0 Å². The maximum atomic E-state index is 10.3. The molecule has 0 aromatic heterocycles. The van der Waals surface area contributed by atoms with Crippen LogP contribution in [0.15, 0.2) is 18.2 Å². The Bertz CT molecular complexity index is 356. The number of ether oxygens (including phenoxy) is 1. The Morgan fingerprint density at radius 1 is 1.42 bits per heavy atom. The van der Waals surface area contributed by atoms with Crippen molar-refractivity contribution < 1.29 is 14.8 Å². The number of nitrogens with zero attached hydrogens (tertiary/aromatic N) is 1. The van der Waals surface area contributed by atoms with Crippen molar-refractivity contribution in [2.45, 2.75) is 33.6 Å². The van der Waals surface area contributed by atoms with Crippen molar-refractivity contribution >= 4 is 17.3 Å². The minimum absolute atomic E-state index is 0.0556. The molecular weight excluding hydrogens is 270 g/mol. The zero-order valence-corrected chi connectivity index (χ0v) is 12.6. The first-order valence-corrected chi connectivity index (χ1v) is 6.67. The minimum atomic E-state index is -0.571. The molecule has 0 fully saturated rings. The Kier molecular flexibility index (Phi) is 13.5. The van der Waals surface area contributed by atoms with Gasteiger partial charge in [0.25, 0.3) is 0 Å². The lowest BCUT2D eigenvalue weighted by atomic mass is 10.3. The molecule has 0 saturated carbocycles. The van der Waals surface area contributed by atoms with Crippen LogP contribution in [-0.2, 0) is 0 Å². The summed E-state index contributed by atoms with van der Waals surface area (Å²) in [5.74, 6) is 0.814. The molecule has 1 aromatic rings. The topological polar surface area (TPSA) is 72.6 Å². The van der Waals surface area contributed by atoms with Crippen LogP contribution in [0, 0.1) is 10.1 Å². The van der Waals surface area contributed by atoms with E-state index in [2.05, 4.69) is 11.7 Å². The number of hydrogen-bond acceptors (Lipinski definition) is 4. The molecule has 0 bridgehead atoms. The standard InChI is InChI=1S/C7H7NO4.C4H9Cl.C2H6/c1-12-7-4-5(9)2-3-6(7)8(10)11;1-2-3-4-5;1-2/h2-4,9H,1H3;2-4H2,1H3;1-2H3. The van der Waals surface area contributed by atoms with Crippen LogP contribution < -0.4 is 4.74 Å². The Morgan fingerprint density at radius 3 is 2.32 bits per heavy atom. The molecule has 0 amide bonds. The van der Waals surface area contributed by atoms with E-state index in [1.54, 1.807) is 0 Å². The number of halogens is 1. The van der Waals surface area contributed by atoms with Gasteiger partial charge in [0.2, 0.25) is 5.75 Å². The Labute approximate surface area is 119 Å². The molecule has 0 atom stereocenters. The van der Waals surface area contributed by atoms with Gasteiger partial charge < -0.3 is 9.84 Å². The fraction of sp³-hybridized carbons (Fsp3) is 0.538. The van der Waals surface area contributed by atoms with Gasteiger partial charge in [-0.05, 0) is 12.5 Å². The normalized spacial score (nSPS) is 8.47. The van der Waals surface area contributed by atoms with Crippen LogP contribution in [0.25, 0.3) is 0 Å². The molecule has 0 aliphatic rings. The van der Waals surface area contributed by atoms with Gasteiger partial charge in [-0.25, -0.2) is 0 Å². The summed E-state index contributed by atoms with van der Waals surface area (Å²) >= 11 is 5.30. The van der Waals surface area contributed by atoms with Gasteiger partial charge in [0.1, 0.15) is 5.75 Å². The maximum Gasteiger partial charge on any atom is 0.311 e. The number of methoxy groups -OCH3 is 1. The number of phenols is 1. The van der Waals surface area contributed by atoms with E-state index in [-0.39, 0.29) is 17.2 Å². The molecule has 0 heterocycles. The first kappa shape index (κ1) is 19.8. The van der Waals surface area contributed by atoms with Crippen molar-refractivity contribution in [2.75, 3.05) is 13.0 Å². The van der Waals surface area contributed by atoms with E-state index in [0.29, 0.717) is 0 Å². The van der Waals surface area contributed by atoms with Gasteiger partial charge in [-0.15, -0.1) is 11.6 Å². The molecule has 0 unspecified atom stereocenters. The fourth-order valence-corrected chi connectivity index (χ4v) is 1.22. The van der Waals surface area contributed by atoms with Crippen LogP contribution in [0.1, 0.15) is 33.6 Å². The number of alkyl halides is 1. The van der Waals surface area contributed by atoms with Crippen molar-refractivity contribution in [1.82, 2.24) is 0 Å². The maximum absolute atomic E-state index is 10.3. The second kappa shape index (κ2) is 13.0. The highest BCUT2D eigenvalue weighted by molar-refractivity contribution is 6.17. The van der Waals surface area contributed by atoms with Crippen molar-refractivity contribution in [3.05, 3.63) is 28.3 Å². The summed E-state index contributed by atoms with van der Waals surface area (Å²) in [5, 5.41) is 19.3. The van der Waals surface area contributed by atoms with E-state index in [0.717, 1.165) is 12.3 Å². The highest BCUT2D eigenvalue weighted by Crippen LogP contribution is 2.29. The lowest BCUT2D eigenvalue weighted by Gasteiger charge is -2.00. The van der Waals surface area contributed by atoms with Gasteiger partial charge in [-0.3, -0.25) is 10.1 Å². The zero-order valence-electron chi connectivity index (χ0n) is 11.9. The minimum Gasteiger partial charge on any atom is -0.508 e. The average molecular weight is 292 g/mol. The SMILES string of the molecule is CC.CCCCCl.COc1cc(O)ccc1[N+](=O)[O-]. The Hall–Kier alpha value is -1.49. The van der Waals surface area contributed by atoms with Crippen LogP contribution >= 0.6 is 11.6 Å². The van der Waals surface area contributed by atoms with Crippen LogP contribution in [0.5, 0.6) is 11.5 Å². The predicted molar refractivity (Wildman–Crippen MR) is 78.3 cm³/mol. The van der Waals surface area contributed by atoms with E-state index in [1.165, 1.54) is 31.7 Å². The number of rotatable bonds is 4. The van der Waals surface area contributed by atoms with Gasteiger partial charge >= 0.3 is 5.69 Å². The first-order valence-electron chi connectivity index (χ1n) is 6.14. The fourth-order valence-electron chi connectivity index (χ4n) is 0.951. The third kappa shape index (κ3) is 9.13. The number of benzene rings is 1. The van der Waals surface area contributed by atoms with Gasteiger partial charge in [0.15, 0.2) is 0 Å². The molecule has 0 radical (unpaired) electrons. The summed E-state index contributed by atoms with van der Waals surface area (Å²) in [7, 11) is 1.31.